The maximum atomic E-state index is 12.9. The summed E-state index contributed by atoms with van der Waals surface area (Å²) in [6, 6.07) is 7.15. The second-order valence-electron chi connectivity index (χ2n) is 6.19. The number of pyridine rings is 1. The van der Waals surface area contributed by atoms with Gasteiger partial charge in [-0.15, -0.1) is 0 Å². The molecule has 0 bridgehead atoms. The van der Waals surface area contributed by atoms with E-state index in [0.717, 1.165) is 30.7 Å². The number of nitrogens with zero attached hydrogens (tertiary/aromatic N) is 2. The minimum atomic E-state index is -4.53. The monoisotopic (exact) mass is 380 g/mol. The number of benzene rings is 1. The number of aromatic nitrogens is 1. The molecule has 1 aliphatic heterocycles. The lowest BCUT2D eigenvalue weighted by Gasteiger charge is -2.26. The molecule has 1 aromatic carbocycles. The number of halogens is 3. The van der Waals surface area contributed by atoms with Gasteiger partial charge < -0.3 is 14.4 Å². The number of hydrogen-bond donors (Lipinski definition) is 0. The lowest BCUT2D eigenvalue weighted by atomic mass is 10.0. The Morgan fingerprint density at radius 2 is 1.96 bits per heavy atom. The van der Waals surface area contributed by atoms with Crippen molar-refractivity contribution in [1.29, 1.82) is 0 Å². The van der Waals surface area contributed by atoms with Crippen LogP contribution < -0.4 is 9.47 Å². The highest BCUT2D eigenvalue weighted by molar-refractivity contribution is 5.94. The molecule has 1 aliphatic rings. The summed E-state index contributed by atoms with van der Waals surface area (Å²) in [5, 5.41) is 0. The fraction of sp³-hybridized carbons (Fsp3) is 0.368. The normalized spacial score (nSPS) is 17.1. The lowest BCUT2D eigenvalue weighted by Crippen LogP contribution is -2.31. The number of methoxy groups -OCH3 is 2. The number of amides is 1. The van der Waals surface area contributed by atoms with Crippen LogP contribution in [0.15, 0.2) is 36.5 Å². The second kappa shape index (κ2) is 7.46. The molecule has 3 rings (SSSR count). The van der Waals surface area contributed by atoms with Gasteiger partial charge in [-0.25, -0.2) is 0 Å². The van der Waals surface area contributed by atoms with Crippen molar-refractivity contribution >= 4 is 5.91 Å². The molecule has 1 amide bonds. The topological polar surface area (TPSA) is 51.7 Å². The summed E-state index contributed by atoms with van der Waals surface area (Å²) in [5.74, 6) is 0.889. The zero-order valence-corrected chi connectivity index (χ0v) is 14.9. The van der Waals surface area contributed by atoms with Crippen LogP contribution in [0.2, 0.25) is 0 Å². The number of carbonyl (C=O) groups excluding carboxylic acids is 1. The zero-order chi connectivity index (χ0) is 19.6. The Morgan fingerprint density at radius 3 is 2.56 bits per heavy atom. The molecule has 144 valence electrons. The molecule has 1 saturated heterocycles. The lowest BCUT2D eigenvalue weighted by molar-refractivity contribution is -0.141. The van der Waals surface area contributed by atoms with Gasteiger partial charge in [0.05, 0.1) is 25.8 Å². The van der Waals surface area contributed by atoms with E-state index in [1.165, 1.54) is 6.07 Å². The van der Waals surface area contributed by atoms with Crippen LogP contribution in [0.4, 0.5) is 13.2 Å². The van der Waals surface area contributed by atoms with E-state index in [1.807, 2.05) is 6.07 Å². The van der Waals surface area contributed by atoms with Gasteiger partial charge in [-0.1, -0.05) is 0 Å². The van der Waals surface area contributed by atoms with E-state index in [-0.39, 0.29) is 17.5 Å². The third-order valence-electron chi connectivity index (χ3n) is 4.61. The van der Waals surface area contributed by atoms with Gasteiger partial charge in [-0.3, -0.25) is 9.78 Å². The summed E-state index contributed by atoms with van der Waals surface area (Å²) in [5.41, 5.74) is -0.0553. The zero-order valence-electron chi connectivity index (χ0n) is 14.9. The third-order valence-corrected chi connectivity index (χ3v) is 4.61. The summed E-state index contributed by atoms with van der Waals surface area (Å²) < 4.78 is 48.6. The van der Waals surface area contributed by atoms with Gasteiger partial charge in [0.2, 0.25) is 0 Å². The smallest absolute Gasteiger partial charge is 0.433 e. The van der Waals surface area contributed by atoms with E-state index in [0.29, 0.717) is 18.0 Å². The predicted octanol–water partition coefficient (Wildman–Crippen LogP) is 4.09. The SMILES string of the molecule is COc1ccc(C2CCCN2C(=O)c2ccc(C(F)(F)F)nc2)c(OC)c1. The van der Waals surface area contributed by atoms with Crippen molar-refractivity contribution in [3.05, 3.63) is 53.3 Å². The summed E-state index contributed by atoms with van der Waals surface area (Å²) in [7, 11) is 3.09. The highest BCUT2D eigenvalue weighted by Gasteiger charge is 2.35. The first-order valence-electron chi connectivity index (χ1n) is 8.41. The van der Waals surface area contributed by atoms with Crippen molar-refractivity contribution in [3.8, 4) is 11.5 Å². The molecule has 0 N–H and O–H groups in total. The number of ether oxygens (including phenoxy) is 2. The van der Waals surface area contributed by atoms with E-state index >= 15 is 0 Å². The molecule has 2 aromatic rings. The molecule has 2 heterocycles. The van der Waals surface area contributed by atoms with Crippen molar-refractivity contribution < 1.29 is 27.4 Å². The molecule has 0 saturated carbocycles. The van der Waals surface area contributed by atoms with Gasteiger partial charge in [0.15, 0.2) is 0 Å². The third kappa shape index (κ3) is 3.84. The number of hydrogen-bond acceptors (Lipinski definition) is 4. The van der Waals surface area contributed by atoms with Crippen molar-refractivity contribution in [2.24, 2.45) is 0 Å². The van der Waals surface area contributed by atoms with Gasteiger partial charge in [0, 0.05) is 24.4 Å². The molecule has 8 heteroatoms. The van der Waals surface area contributed by atoms with Crippen LogP contribution in [-0.2, 0) is 6.18 Å². The highest BCUT2D eigenvalue weighted by atomic mass is 19.4. The van der Waals surface area contributed by atoms with Crippen molar-refractivity contribution in [2.75, 3.05) is 20.8 Å². The molecule has 1 fully saturated rings. The highest BCUT2D eigenvalue weighted by Crippen LogP contribution is 2.39. The van der Waals surface area contributed by atoms with Gasteiger partial charge in [-0.05, 0) is 37.1 Å². The summed E-state index contributed by atoms with van der Waals surface area (Å²) in [6.07, 6.45) is -2.03. The number of likely N-dealkylation sites (tertiary alicyclic amines) is 1. The first kappa shape index (κ1) is 19.0. The first-order valence-corrected chi connectivity index (χ1v) is 8.41. The molecular formula is C19H19F3N2O3. The Balaban J connectivity index is 1.87. The van der Waals surface area contributed by atoms with E-state index in [9.17, 15) is 18.0 Å². The predicted molar refractivity (Wildman–Crippen MR) is 91.8 cm³/mol. The van der Waals surface area contributed by atoms with Gasteiger partial charge in [0.25, 0.3) is 5.91 Å². The van der Waals surface area contributed by atoms with Crippen LogP contribution in [0.1, 0.15) is 40.5 Å². The Labute approximate surface area is 154 Å². The van der Waals surface area contributed by atoms with Crippen molar-refractivity contribution in [3.63, 3.8) is 0 Å². The molecule has 0 radical (unpaired) electrons. The molecule has 0 aliphatic carbocycles. The van der Waals surface area contributed by atoms with Gasteiger partial charge in [-0.2, -0.15) is 13.2 Å². The van der Waals surface area contributed by atoms with Crippen LogP contribution in [0, 0.1) is 0 Å². The van der Waals surface area contributed by atoms with Crippen LogP contribution in [-0.4, -0.2) is 36.6 Å². The number of alkyl halides is 3. The van der Waals surface area contributed by atoms with Crippen LogP contribution in [0.5, 0.6) is 11.5 Å². The fourth-order valence-electron chi connectivity index (χ4n) is 3.28. The molecule has 1 aromatic heterocycles. The number of rotatable bonds is 4. The minimum absolute atomic E-state index is 0.127. The van der Waals surface area contributed by atoms with Gasteiger partial charge in [0.1, 0.15) is 17.2 Å². The maximum absolute atomic E-state index is 12.9. The Bertz CT molecular complexity index is 822. The van der Waals surface area contributed by atoms with E-state index < -0.39 is 11.9 Å². The summed E-state index contributed by atoms with van der Waals surface area (Å²) >= 11 is 0. The summed E-state index contributed by atoms with van der Waals surface area (Å²) in [4.78, 5) is 17.9. The van der Waals surface area contributed by atoms with E-state index in [2.05, 4.69) is 4.98 Å². The summed E-state index contributed by atoms with van der Waals surface area (Å²) in [6.45, 7) is 0.514. The van der Waals surface area contributed by atoms with E-state index in [4.69, 9.17) is 9.47 Å². The quantitative estimate of drug-likeness (QED) is 0.802. The molecular weight excluding hydrogens is 361 g/mol. The maximum Gasteiger partial charge on any atom is 0.433 e. The van der Waals surface area contributed by atoms with Crippen molar-refractivity contribution in [1.82, 2.24) is 9.88 Å². The Morgan fingerprint density at radius 1 is 1.19 bits per heavy atom. The largest absolute Gasteiger partial charge is 0.497 e. The average molecular weight is 380 g/mol. The minimum Gasteiger partial charge on any atom is -0.497 e. The average Bonchev–Trinajstić information content (AvgIpc) is 3.15. The Hall–Kier alpha value is -2.77. The second-order valence-corrected chi connectivity index (χ2v) is 6.19. The molecule has 0 spiro atoms. The van der Waals surface area contributed by atoms with Crippen LogP contribution in [0.25, 0.3) is 0 Å². The molecule has 5 nitrogen and oxygen atoms in total. The molecule has 27 heavy (non-hydrogen) atoms. The van der Waals surface area contributed by atoms with Gasteiger partial charge >= 0.3 is 6.18 Å². The molecule has 1 unspecified atom stereocenters. The van der Waals surface area contributed by atoms with Crippen molar-refractivity contribution in [2.45, 2.75) is 25.1 Å². The standard InChI is InChI=1S/C19H19F3N2O3/c1-26-13-6-7-14(16(10-13)27-2)15-4-3-9-24(15)18(25)12-5-8-17(23-11-12)19(20,21)22/h5-8,10-11,15H,3-4,9H2,1-2H3. The number of carbonyl (C=O) groups is 1. The van der Waals surface area contributed by atoms with Crippen LogP contribution in [0.3, 0.4) is 0 Å². The fourth-order valence-corrected chi connectivity index (χ4v) is 3.28. The van der Waals surface area contributed by atoms with Crippen LogP contribution >= 0.6 is 0 Å². The Kier molecular flexibility index (Phi) is 5.25. The first-order chi connectivity index (χ1) is 12.8. The molecule has 1 atom stereocenters. The van der Waals surface area contributed by atoms with E-state index in [1.54, 1.807) is 31.3 Å².